The molecule has 0 aliphatic rings. The summed E-state index contributed by atoms with van der Waals surface area (Å²) < 4.78 is 0. The standard InChI is InChI=1S/C39H25N3/c1-2-8-26(9-3-1)27-14-18-29(19-15-27)38-39(42-36-13-7-6-12-35(36)41-38)30-20-16-28(17-21-30)31-22-23-34-33-11-5-4-10-32(33)25-40-37(34)24-31/h1-25H. The second-order valence-electron chi connectivity index (χ2n) is 10.5. The van der Waals surface area contributed by atoms with Crippen LogP contribution in [-0.4, -0.2) is 15.0 Å². The Morgan fingerprint density at radius 2 is 0.833 bits per heavy atom. The normalized spacial score (nSPS) is 11.3. The van der Waals surface area contributed by atoms with Gasteiger partial charge in [-0.1, -0.05) is 127 Å². The SMILES string of the molecule is c1ccc(-c2ccc(-c3nc4ccccc4nc3-c3ccc(-c4ccc5c(c4)ncc4ccccc45)cc3)cc2)cc1. The highest BCUT2D eigenvalue weighted by Crippen LogP contribution is 2.34. The molecular weight excluding hydrogens is 510 g/mol. The Balaban J connectivity index is 1.19. The van der Waals surface area contributed by atoms with Crippen LogP contribution in [0.4, 0.5) is 0 Å². The predicted octanol–water partition coefficient (Wildman–Crippen LogP) is 10.00. The van der Waals surface area contributed by atoms with Crippen molar-refractivity contribution in [2.45, 2.75) is 0 Å². The minimum absolute atomic E-state index is 0.874. The summed E-state index contributed by atoms with van der Waals surface area (Å²) in [5, 5.41) is 3.55. The molecule has 0 atom stereocenters. The molecule has 0 bridgehead atoms. The van der Waals surface area contributed by atoms with Crippen LogP contribution in [0, 0.1) is 0 Å². The Morgan fingerprint density at radius 1 is 0.333 bits per heavy atom. The van der Waals surface area contributed by atoms with Gasteiger partial charge >= 0.3 is 0 Å². The number of aromatic nitrogens is 3. The minimum atomic E-state index is 0.874. The molecule has 0 radical (unpaired) electrons. The van der Waals surface area contributed by atoms with Crippen LogP contribution in [0.2, 0.25) is 0 Å². The van der Waals surface area contributed by atoms with Crippen molar-refractivity contribution in [1.82, 2.24) is 15.0 Å². The van der Waals surface area contributed by atoms with E-state index in [0.717, 1.165) is 55.6 Å². The maximum absolute atomic E-state index is 5.10. The molecule has 2 aromatic heterocycles. The van der Waals surface area contributed by atoms with Crippen molar-refractivity contribution in [3.63, 3.8) is 0 Å². The largest absolute Gasteiger partial charge is 0.256 e. The Bertz CT molecular complexity index is 2220. The van der Waals surface area contributed by atoms with Crippen LogP contribution < -0.4 is 0 Å². The summed E-state index contributed by atoms with van der Waals surface area (Å²) in [6.07, 6.45) is 1.96. The summed E-state index contributed by atoms with van der Waals surface area (Å²) in [5.41, 5.74) is 11.2. The zero-order chi connectivity index (χ0) is 27.9. The van der Waals surface area contributed by atoms with E-state index in [1.807, 2.05) is 36.5 Å². The van der Waals surface area contributed by atoms with E-state index in [-0.39, 0.29) is 0 Å². The van der Waals surface area contributed by atoms with Crippen LogP contribution in [0.5, 0.6) is 0 Å². The van der Waals surface area contributed by atoms with Gasteiger partial charge in [-0.15, -0.1) is 0 Å². The van der Waals surface area contributed by atoms with Gasteiger partial charge in [-0.05, 0) is 45.8 Å². The van der Waals surface area contributed by atoms with Gasteiger partial charge in [0.25, 0.3) is 0 Å². The Kier molecular flexibility index (Phi) is 5.79. The average molecular weight is 536 g/mol. The summed E-state index contributed by atoms with van der Waals surface area (Å²) in [7, 11) is 0. The lowest BCUT2D eigenvalue weighted by Gasteiger charge is -2.12. The smallest absolute Gasteiger partial charge is 0.0973 e. The summed E-state index contributed by atoms with van der Waals surface area (Å²) >= 11 is 0. The molecule has 196 valence electrons. The van der Waals surface area contributed by atoms with Gasteiger partial charge in [0.1, 0.15) is 0 Å². The van der Waals surface area contributed by atoms with E-state index in [2.05, 4.69) is 115 Å². The minimum Gasteiger partial charge on any atom is -0.256 e. The third-order valence-electron chi connectivity index (χ3n) is 7.92. The molecule has 0 aliphatic carbocycles. The Hall–Kier alpha value is -5.67. The fourth-order valence-electron chi connectivity index (χ4n) is 5.71. The molecule has 0 unspecified atom stereocenters. The third-order valence-corrected chi connectivity index (χ3v) is 7.92. The molecule has 8 rings (SSSR count). The van der Waals surface area contributed by atoms with Crippen molar-refractivity contribution in [2.24, 2.45) is 0 Å². The number of hydrogen-bond donors (Lipinski definition) is 0. The number of rotatable bonds is 4. The Morgan fingerprint density at radius 3 is 1.50 bits per heavy atom. The summed E-state index contributed by atoms with van der Waals surface area (Å²) in [4.78, 5) is 14.9. The molecule has 3 heteroatoms. The lowest BCUT2D eigenvalue weighted by atomic mass is 9.97. The van der Waals surface area contributed by atoms with E-state index >= 15 is 0 Å². The van der Waals surface area contributed by atoms with Gasteiger partial charge in [0.05, 0.1) is 27.9 Å². The van der Waals surface area contributed by atoms with Gasteiger partial charge in [0.15, 0.2) is 0 Å². The second-order valence-corrected chi connectivity index (χ2v) is 10.5. The second kappa shape index (κ2) is 10.1. The van der Waals surface area contributed by atoms with Crippen LogP contribution >= 0.6 is 0 Å². The van der Waals surface area contributed by atoms with E-state index < -0.39 is 0 Å². The van der Waals surface area contributed by atoms with Crippen molar-refractivity contribution in [3.05, 3.63) is 152 Å². The first-order chi connectivity index (χ1) is 20.8. The van der Waals surface area contributed by atoms with Crippen LogP contribution in [0.1, 0.15) is 0 Å². The quantitative estimate of drug-likeness (QED) is 0.211. The van der Waals surface area contributed by atoms with Crippen LogP contribution in [0.25, 0.3) is 77.5 Å². The van der Waals surface area contributed by atoms with Crippen molar-refractivity contribution in [3.8, 4) is 44.8 Å². The highest BCUT2D eigenvalue weighted by atomic mass is 14.8. The summed E-state index contributed by atoms with van der Waals surface area (Å²) in [5.74, 6) is 0. The van der Waals surface area contributed by atoms with E-state index in [1.54, 1.807) is 0 Å². The van der Waals surface area contributed by atoms with Crippen molar-refractivity contribution < 1.29 is 0 Å². The van der Waals surface area contributed by atoms with E-state index in [0.29, 0.717) is 0 Å². The fraction of sp³-hybridized carbons (Fsp3) is 0. The number of fused-ring (bicyclic) bond motifs is 4. The van der Waals surface area contributed by atoms with Crippen molar-refractivity contribution in [2.75, 3.05) is 0 Å². The molecule has 8 aromatic rings. The molecule has 3 nitrogen and oxygen atoms in total. The molecule has 2 heterocycles. The topological polar surface area (TPSA) is 38.7 Å². The monoisotopic (exact) mass is 535 g/mol. The number of pyridine rings is 1. The lowest BCUT2D eigenvalue weighted by Crippen LogP contribution is -1.95. The van der Waals surface area contributed by atoms with Gasteiger partial charge in [-0.3, -0.25) is 4.98 Å². The molecule has 0 amide bonds. The molecule has 0 aliphatic heterocycles. The Labute approximate surface area is 243 Å². The predicted molar refractivity (Wildman–Crippen MR) is 174 cm³/mol. The third kappa shape index (κ3) is 4.29. The van der Waals surface area contributed by atoms with Crippen LogP contribution in [0.15, 0.2) is 152 Å². The molecule has 6 aromatic carbocycles. The van der Waals surface area contributed by atoms with Crippen LogP contribution in [0.3, 0.4) is 0 Å². The van der Waals surface area contributed by atoms with Gasteiger partial charge in [0.2, 0.25) is 0 Å². The molecule has 42 heavy (non-hydrogen) atoms. The zero-order valence-electron chi connectivity index (χ0n) is 22.8. The molecule has 0 saturated heterocycles. The summed E-state index contributed by atoms with van der Waals surface area (Å²) in [6, 6.07) is 50.7. The molecule has 0 N–H and O–H groups in total. The van der Waals surface area contributed by atoms with E-state index in [1.165, 1.54) is 21.9 Å². The van der Waals surface area contributed by atoms with Gasteiger partial charge in [0, 0.05) is 28.1 Å². The molecule has 0 spiro atoms. The van der Waals surface area contributed by atoms with Crippen molar-refractivity contribution >= 4 is 32.7 Å². The highest BCUT2D eigenvalue weighted by molar-refractivity contribution is 6.06. The number of hydrogen-bond acceptors (Lipinski definition) is 3. The first kappa shape index (κ1) is 24.2. The zero-order valence-corrected chi connectivity index (χ0v) is 22.8. The molecule has 0 fully saturated rings. The van der Waals surface area contributed by atoms with E-state index in [9.17, 15) is 0 Å². The maximum Gasteiger partial charge on any atom is 0.0973 e. The van der Waals surface area contributed by atoms with Crippen LogP contribution in [-0.2, 0) is 0 Å². The summed E-state index contributed by atoms with van der Waals surface area (Å²) in [6.45, 7) is 0. The fourth-order valence-corrected chi connectivity index (χ4v) is 5.71. The lowest BCUT2D eigenvalue weighted by molar-refractivity contribution is 1.29. The molecule has 0 saturated carbocycles. The number of nitrogens with zero attached hydrogens (tertiary/aromatic N) is 3. The average Bonchev–Trinajstić information content (AvgIpc) is 3.08. The molecular formula is C39H25N3. The van der Waals surface area contributed by atoms with Gasteiger partial charge < -0.3 is 0 Å². The van der Waals surface area contributed by atoms with Gasteiger partial charge in [-0.2, -0.15) is 0 Å². The highest BCUT2D eigenvalue weighted by Gasteiger charge is 2.14. The maximum atomic E-state index is 5.10. The first-order valence-corrected chi connectivity index (χ1v) is 14.1. The number of para-hydroxylation sites is 2. The number of benzene rings is 6. The van der Waals surface area contributed by atoms with Crippen molar-refractivity contribution in [1.29, 1.82) is 0 Å². The van der Waals surface area contributed by atoms with Gasteiger partial charge in [-0.25, -0.2) is 9.97 Å². The first-order valence-electron chi connectivity index (χ1n) is 14.1. The van der Waals surface area contributed by atoms with E-state index in [4.69, 9.17) is 15.0 Å².